The van der Waals surface area contributed by atoms with Gasteiger partial charge in [-0.25, -0.2) is 19.9 Å². The maximum atomic E-state index is 5.67. The van der Waals surface area contributed by atoms with E-state index in [1.165, 1.54) is 6.33 Å². The van der Waals surface area contributed by atoms with Crippen molar-refractivity contribution < 1.29 is 4.42 Å². The van der Waals surface area contributed by atoms with Gasteiger partial charge in [0.15, 0.2) is 22.9 Å². The fourth-order valence-electron chi connectivity index (χ4n) is 2.21. The van der Waals surface area contributed by atoms with Crippen molar-refractivity contribution in [3.8, 4) is 0 Å². The Kier molecular flexibility index (Phi) is 2.74. The van der Waals surface area contributed by atoms with Crippen LogP contribution < -0.4 is 5.32 Å². The number of anilines is 1. The zero-order chi connectivity index (χ0) is 14.1. The topological polar surface area (TPSA) is 92.5 Å². The van der Waals surface area contributed by atoms with Crippen molar-refractivity contribution in [2.24, 2.45) is 0 Å². The molecule has 0 saturated carbocycles. The van der Waals surface area contributed by atoms with Crippen LogP contribution in [0.5, 0.6) is 0 Å². The molecule has 0 unspecified atom stereocenters. The van der Waals surface area contributed by atoms with Crippen LogP contribution in [0.15, 0.2) is 41.3 Å². The molecule has 4 aromatic rings. The van der Waals surface area contributed by atoms with E-state index in [1.54, 1.807) is 6.33 Å². The SMILES string of the molecule is c1ccc2oc(CCNc3ncnc4nc[nH]c34)nc2c1. The number of aromatic nitrogens is 5. The van der Waals surface area contributed by atoms with Crippen LogP contribution in [-0.2, 0) is 6.42 Å². The first-order valence-electron chi connectivity index (χ1n) is 6.62. The maximum absolute atomic E-state index is 5.67. The normalized spacial score (nSPS) is 11.2. The molecule has 0 bridgehead atoms. The van der Waals surface area contributed by atoms with Crippen molar-refractivity contribution in [1.82, 2.24) is 24.9 Å². The zero-order valence-corrected chi connectivity index (χ0v) is 11.1. The monoisotopic (exact) mass is 280 g/mol. The first kappa shape index (κ1) is 11.8. The van der Waals surface area contributed by atoms with Gasteiger partial charge >= 0.3 is 0 Å². The number of rotatable bonds is 4. The molecule has 0 aliphatic rings. The molecule has 7 nitrogen and oxygen atoms in total. The molecular weight excluding hydrogens is 268 g/mol. The molecule has 0 fully saturated rings. The van der Waals surface area contributed by atoms with E-state index in [4.69, 9.17) is 4.42 Å². The predicted molar refractivity (Wildman–Crippen MR) is 77.9 cm³/mol. The van der Waals surface area contributed by atoms with Gasteiger partial charge in [0.2, 0.25) is 0 Å². The predicted octanol–water partition coefficient (Wildman–Crippen LogP) is 2.15. The van der Waals surface area contributed by atoms with Crippen LogP contribution in [0.1, 0.15) is 5.89 Å². The van der Waals surface area contributed by atoms with Crippen molar-refractivity contribution in [2.45, 2.75) is 6.42 Å². The number of benzene rings is 1. The molecule has 2 N–H and O–H groups in total. The molecule has 0 radical (unpaired) electrons. The second kappa shape index (κ2) is 4.86. The number of fused-ring (bicyclic) bond motifs is 2. The third-order valence-electron chi connectivity index (χ3n) is 3.19. The minimum Gasteiger partial charge on any atom is -0.441 e. The highest BCUT2D eigenvalue weighted by Gasteiger charge is 2.07. The van der Waals surface area contributed by atoms with Crippen LogP contribution >= 0.6 is 0 Å². The number of aromatic amines is 1. The Bertz CT molecular complexity index is 863. The fraction of sp³-hybridized carbons (Fsp3) is 0.143. The van der Waals surface area contributed by atoms with Gasteiger partial charge in [-0.3, -0.25) is 0 Å². The largest absolute Gasteiger partial charge is 0.441 e. The van der Waals surface area contributed by atoms with E-state index in [0.29, 0.717) is 24.5 Å². The van der Waals surface area contributed by atoms with Gasteiger partial charge in [0.1, 0.15) is 17.4 Å². The van der Waals surface area contributed by atoms with E-state index < -0.39 is 0 Å². The van der Waals surface area contributed by atoms with E-state index in [1.807, 2.05) is 24.3 Å². The molecule has 3 aromatic heterocycles. The molecule has 0 spiro atoms. The first-order valence-corrected chi connectivity index (χ1v) is 6.62. The number of nitrogens with one attached hydrogen (secondary N) is 2. The molecule has 0 saturated heterocycles. The lowest BCUT2D eigenvalue weighted by Crippen LogP contribution is -2.07. The highest BCUT2D eigenvalue weighted by atomic mass is 16.3. The molecule has 3 heterocycles. The van der Waals surface area contributed by atoms with Crippen LogP contribution in [0.25, 0.3) is 22.3 Å². The van der Waals surface area contributed by atoms with E-state index in [2.05, 4.69) is 30.2 Å². The third kappa shape index (κ3) is 2.18. The van der Waals surface area contributed by atoms with Crippen molar-refractivity contribution in [3.05, 3.63) is 42.8 Å². The van der Waals surface area contributed by atoms with E-state index in [0.717, 1.165) is 22.4 Å². The number of nitrogens with zero attached hydrogens (tertiary/aromatic N) is 4. The number of hydrogen-bond donors (Lipinski definition) is 2. The van der Waals surface area contributed by atoms with Crippen molar-refractivity contribution >= 4 is 28.1 Å². The summed E-state index contributed by atoms with van der Waals surface area (Å²) in [6.45, 7) is 0.665. The fourth-order valence-corrected chi connectivity index (χ4v) is 2.21. The Morgan fingerprint density at radius 1 is 1.14 bits per heavy atom. The molecule has 0 aliphatic heterocycles. The molecule has 21 heavy (non-hydrogen) atoms. The van der Waals surface area contributed by atoms with Crippen molar-refractivity contribution in [3.63, 3.8) is 0 Å². The highest BCUT2D eigenvalue weighted by Crippen LogP contribution is 2.16. The Morgan fingerprint density at radius 3 is 3.05 bits per heavy atom. The zero-order valence-electron chi connectivity index (χ0n) is 11.1. The van der Waals surface area contributed by atoms with Gasteiger partial charge in [-0.05, 0) is 12.1 Å². The molecule has 104 valence electrons. The van der Waals surface area contributed by atoms with E-state index in [9.17, 15) is 0 Å². The summed E-state index contributed by atoms with van der Waals surface area (Å²) in [7, 11) is 0. The van der Waals surface area contributed by atoms with Gasteiger partial charge in [-0.2, -0.15) is 0 Å². The average Bonchev–Trinajstić information content (AvgIpc) is 3.13. The Morgan fingerprint density at radius 2 is 2.10 bits per heavy atom. The van der Waals surface area contributed by atoms with Crippen LogP contribution in [0.4, 0.5) is 5.82 Å². The quantitative estimate of drug-likeness (QED) is 0.595. The van der Waals surface area contributed by atoms with Gasteiger partial charge in [-0.15, -0.1) is 0 Å². The van der Waals surface area contributed by atoms with Gasteiger partial charge in [0.05, 0.1) is 6.33 Å². The third-order valence-corrected chi connectivity index (χ3v) is 3.19. The second-order valence-corrected chi connectivity index (χ2v) is 4.58. The average molecular weight is 280 g/mol. The number of para-hydroxylation sites is 2. The van der Waals surface area contributed by atoms with Crippen LogP contribution in [0.2, 0.25) is 0 Å². The lowest BCUT2D eigenvalue weighted by atomic mass is 10.3. The summed E-state index contributed by atoms with van der Waals surface area (Å²) in [5.41, 5.74) is 3.14. The standard InChI is InChI=1S/C14H12N6O/c1-2-4-10-9(3-1)20-11(21-10)5-6-15-13-12-14(17-7-16-12)19-8-18-13/h1-4,7-8H,5-6H2,(H2,15,16,17,18,19). The number of imidazole rings is 1. The Balaban J connectivity index is 1.48. The molecule has 1 aromatic carbocycles. The minimum absolute atomic E-state index is 0.648. The van der Waals surface area contributed by atoms with Gasteiger partial charge < -0.3 is 14.7 Å². The molecule has 0 amide bonds. The number of H-pyrrole nitrogens is 1. The first-order chi connectivity index (χ1) is 10.4. The van der Waals surface area contributed by atoms with Gasteiger partial charge in [-0.1, -0.05) is 12.1 Å². The molecule has 0 atom stereocenters. The summed E-state index contributed by atoms with van der Waals surface area (Å²) in [6.07, 6.45) is 3.77. The smallest absolute Gasteiger partial charge is 0.197 e. The van der Waals surface area contributed by atoms with Gasteiger partial charge in [0, 0.05) is 13.0 Å². The molecule has 0 aliphatic carbocycles. The van der Waals surface area contributed by atoms with Crippen molar-refractivity contribution in [2.75, 3.05) is 11.9 Å². The Hall–Kier alpha value is -2.96. The van der Waals surface area contributed by atoms with Gasteiger partial charge in [0.25, 0.3) is 0 Å². The lowest BCUT2D eigenvalue weighted by Gasteiger charge is -2.03. The highest BCUT2D eigenvalue weighted by molar-refractivity contribution is 5.81. The number of hydrogen-bond acceptors (Lipinski definition) is 6. The van der Waals surface area contributed by atoms with Crippen molar-refractivity contribution in [1.29, 1.82) is 0 Å². The number of oxazole rings is 1. The molecule has 4 rings (SSSR count). The Labute approximate surface area is 119 Å². The van der Waals surface area contributed by atoms with Crippen LogP contribution in [-0.4, -0.2) is 31.5 Å². The maximum Gasteiger partial charge on any atom is 0.197 e. The second-order valence-electron chi connectivity index (χ2n) is 4.58. The summed E-state index contributed by atoms with van der Waals surface area (Å²) in [4.78, 5) is 19.8. The molecule has 7 heteroatoms. The summed E-state index contributed by atoms with van der Waals surface area (Å²) >= 11 is 0. The lowest BCUT2D eigenvalue weighted by molar-refractivity contribution is 0.534. The minimum atomic E-state index is 0.648. The van der Waals surface area contributed by atoms with Crippen LogP contribution in [0.3, 0.4) is 0 Å². The van der Waals surface area contributed by atoms with E-state index in [-0.39, 0.29) is 0 Å². The van der Waals surface area contributed by atoms with Crippen LogP contribution in [0, 0.1) is 0 Å². The van der Waals surface area contributed by atoms with E-state index >= 15 is 0 Å². The summed E-state index contributed by atoms with van der Waals surface area (Å²) in [5, 5.41) is 3.24. The molecular formula is C14H12N6O. The summed E-state index contributed by atoms with van der Waals surface area (Å²) < 4.78 is 5.67. The summed E-state index contributed by atoms with van der Waals surface area (Å²) in [6, 6.07) is 7.74. The summed E-state index contributed by atoms with van der Waals surface area (Å²) in [5.74, 6) is 1.44.